The summed E-state index contributed by atoms with van der Waals surface area (Å²) in [6.45, 7) is 0. The van der Waals surface area contributed by atoms with Gasteiger partial charge in [0, 0.05) is 0 Å². The van der Waals surface area contributed by atoms with Crippen LogP contribution in [0.15, 0.2) is 39.4 Å². The van der Waals surface area contributed by atoms with E-state index in [4.69, 9.17) is 9.52 Å². The van der Waals surface area contributed by atoms with E-state index in [0.29, 0.717) is 21.9 Å². The summed E-state index contributed by atoms with van der Waals surface area (Å²) in [6.07, 6.45) is 0. The number of aromatic nitrogens is 3. The second-order valence-corrected chi connectivity index (χ2v) is 4.31. The second-order valence-electron chi connectivity index (χ2n) is 3.53. The van der Waals surface area contributed by atoms with Crippen molar-refractivity contribution in [1.29, 1.82) is 0 Å². The molecule has 3 aromatic heterocycles. The topological polar surface area (TPSA) is 80.6 Å². The number of pyridine rings is 1. The van der Waals surface area contributed by atoms with Crippen LogP contribution in [0.2, 0.25) is 0 Å². The molecule has 0 amide bonds. The molecule has 0 bridgehead atoms. The molecular formula is C11H6BrN3O3. The van der Waals surface area contributed by atoms with Crippen molar-refractivity contribution < 1.29 is 14.3 Å². The van der Waals surface area contributed by atoms with Gasteiger partial charge >= 0.3 is 5.97 Å². The van der Waals surface area contributed by atoms with E-state index >= 15 is 0 Å². The molecule has 0 aromatic carbocycles. The predicted octanol–water partition coefficient (Wildman–Crippen LogP) is 2.45. The lowest BCUT2D eigenvalue weighted by Crippen LogP contribution is -2.05. The lowest BCUT2D eigenvalue weighted by molar-refractivity contribution is 0.0687. The summed E-state index contributed by atoms with van der Waals surface area (Å²) in [5, 5.41) is 13.2. The van der Waals surface area contributed by atoms with Crippen LogP contribution in [0.1, 0.15) is 10.5 Å². The summed E-state index contributed by atoms with van der Waals surface area (Å²) in [6, 6.07) is 8.19. The van der Waals surface area contributed by atoms with Crippen LogP contribution in [0.25, 0.3) is 17.2 Å². The molecule has 0 radical (unpaired) electrons. The first-order valence-corrected chi connectivity index (χ1v) is 5.79. The molecule has 18 heavy (non-hydrogen) atoms. The Morgan fingerprint density at radius 1 is 1.33 bits per heavy atom. The van der Waals surface area contributed by atoms with Gasteiger partial charge in [0.1, 0.15) is 0 Å². The third kappa shape index (κ3) is 1.68. The van der Waals surface area contributed by atoms with Crippen molar-refractivity contribution >= 4 is 27.5 Å². The van der Waals surface area contributed by atoms with E-state index in [1.807, 2.05) is 0 Å². The van der Waals surface area contributed by atoms with E-state index in [1.165, 1.54) is 10.6 Å². The van der Waals surface area contributed by atoms with Gasteiger partial charge in [-0.2, -0.15) is 0 Å². The number of hydrogen-bond acceptors (Lipinski definition) is 4. The van der Waals surface area contributed by atoms with Crippen molar-refractivity contribution in [1.82, 2.24) is 14.6 Å². The van der Waals surface area contributed by atoms with Crippen LogP contribution in [0.3, 0.4) is 0 Å². The van der Waals surface area contributed by atoms with E-state index in [0.717, 1.165) is 0 Å². The Morgan fingerprint density at radius 3 is 2.83 bits per heavy atom. The zero-order valence-corrected chi connectivity index (χ0v) is 10.5. The van der Waals surface area contributed by atoms with Crippen LogP contribution < -0.4 is 0 Å². The molecule has 1 N–H and O–H groups in total. The molecule has 7 heteroatoms. The number of furan rings is 1. The first-order valence-electron chi connectivity index (χ1n) is 5.00. The van der Waals surface area contributed by atoms with Gasteiger partial charge < -0.3 is 9.52 Å². The third-order valence-corrected chi connectivity index (χ3v) is 2.80. The maximum absolute atomic E-state index is 11.0. The number of carboxylic acid groups (broad SMARTS) is 1. The fraction of sp³-hybridized carbons (Fsp3) is 0. The predicted molar refractivity (Wildman–Crippen MR) is 65.3 cm³/mol. The van der Waals surface area contributed by atoms with Crippen molar-refractivity contribution in [3.05, 3.63) is 40.7 Å². The molecule has 0 unspecified atom stereocenters. The van der Waals surface area contributed by atoms with Gasteiger partial charge in [0.15, 0.2) is 21.8 Å². The van der Waals surface area contributed by atoms with Crippen LogP contribution >= 0.6 is 15.9 Å². The van der Waals surface area contributed by atoms with E-state index in [1.54, 1.807) is 24.3 Å². The van der Waals surface area contributed by atoms with Crippen molar-refractivity contribution in [2.75, 3.05) is 0 Å². The SMILES string of the molecule is O=C(O)c1cccc2nc(-c3ccc(Br)o3)nn12. The molecule has 0 aliphatic heterocycles. The Bertz CT molecular complexity index is 747. The second kappa shape index (κ2) is 3.95. The van der Waals surface area contributed by atoms with Gasteiger partial charge in [-0.15, -0.1) is 5.10 Å². The molecule has 0 saturated carbocycles. The largest absolute Gasteiger partial charge is 0.477 e. The standard InChI is InChI=1S/C11H6BrN3O3/c12-8-5-4-7(18-8)10-13-9-3-1-2-6(11(16)17)15(9)14-10/h1-5H,(H,16,17). The average molecular weight is 308 g/mol. The van der Waals surface area contributed by atoms with Gasteiger partial charge in [-0.25, -0.2) is 14.3 Å². The fourth-order valence-corrected chi connectivity index (χ4v) is 1.91. The van der Waals surface area contributed by atoms with Crippen molar-refractivity contribution in [3.63, 3.8) is 0 Å². The molecular weight excluding hydrogens is 302 g/mol. The third-order valence-electron chi connectivity index (χ3n) is 2.37. The number of carbonyl (C=O) groups is 1. The van der Waals surface area contributed by atoms with Gasteiger partial charge in [0.2, 0.25) is 5.82 Å². The van der Waals surface area contributed by atoms with E-state index in [9.17, 15) is 4.79 Å². The Hall–Kier alpha value is -2.15. The van der Waals surface area contributed by atoms with Crippen molar-refractivity contribution in [3.8, 4) is 11.6 Å². The Morgan fingerprint density at radius 2 is 2.17 bits per heavy atom. The number of carboxylic acids is 1. The van der Waals surface area contributed by atoms with E-state index < -0.39 is 5.97 Å². The first kappa shape index (κ1) is 11.0. The molecule has 3 heterocycles. The molecule has 0 saturated heterocycles. The molecule has 0 atom stereocenters. The Labute approximate surface area is 109 Å². The van der Waals surface area contributed by atoms with Crippen LogP contribution in [-0.4, -0.2) is 25.7 Å². The van der Waals surface area contributed by atoms with Crippen molar-refractivity contribution in [2.24, 2.45) is 0 Å². The highest BCUT2D eigenvalue weighted by molar-refractivity contribution is 9.10. The Kier molecular flexibility index (Phi) is 2.41. The smallest absolute Gasteiger partial charge is 0.354 e. The maximum atomic E-state index is 11.0. The number of hydrogen-bond donors (Lipinski definition) is 1. The minimum Gasteiger partial charge on any atom is -0.477 e. The molecule has 0 aliphatic rings. The number of rotatable bonds is 2. The van der Waals surface area contributed by atoms with Crippen LogP contribution in [0.5, 0.6) is 0 Å². The molecule has 0 spiro atoms. The number of halogens is 1. The summed E-state index contributed by atoms with van der Waals surface area (Å²) >= 11 is 3.19. The summed E-state index contributed by atoms with van der Waals surface area (Å²) in [5.74, 6) is -0.242. The monoisotopic (exact) mass is 307 g/mol. The lowest BCUT2D eigenvalue weighted by atomic mass is 10.3. The number of aromatic carboxylic acids is 1. The van der Waals surface area contributed by atoms with Gasteiger partial charge in [-0.05, 0) is 40.2 Å². The summed E-state index contributed by atoms with van der Waals surface area (Å²) in [7, 11) is 0. The molecule has 90 valence electrons. The first-order chi connectivity index (χ1) is 8.65. The molecule has 0 fully saturated rings. The Balaban J connectivity index is 2.22. The summed E-state index contributed by atoms with van der Waals surface area (Å²) in [4.78, 5) is 15.3. The highest BCUT2D eigenvalue weighted by Crippen LogP contribution is 2.23. The lowest BCUT2D eigenvalue weighted by Gasteiger charge is -1.96. The highest BCUT2D eigenvalue weighted by Gasteiger charge is 2.14. The zero-order chi connectivity index (χ0) is 12.7. The minimum absolute atomic E-state index is 0.0527. The number of nitrogens with zero attached hydrogens (tertiary/aromatic N) is 3. The average Bonchev–Trinajstić information content (AvgIpc) is 2.93. The quantitative estimate of drug-likeness (QED) is 0.786. The summed E-state index contributed by atoms with van der Waals surface area (Å²) in [5.41, 5.74) is 0.509. The minimum atomic E-state index is -1.06. The normalized spacial score (nSPS) is 10.9. The molecule has 3 aromatic rings. The van der Waals surface area contributed by atoms with E-state index in [2.05, 4.69) is 26.0 Å². The fourth-order valence-electron chi connectivity index (χ4n) is 1.61. The van der Waals surface area contributed by atoms with Gasteiger partial charge in [-0.1, -0.05) is 6.07 Å². The molecule has 6 nitrogen and oxygen atoms in total. The summed E-state index contributed by atoms with van der Waals surface area (Å²) < 4.78 is 7.17. The van der Waals surface area contributed by atoms with Crippen molar-refractivity contribution in [2.45, 2.75) is 0 Å². The van der Waals surface area contributed by atoms with Gasteiger partial charge in [0.05, 0.1) is 0 Å². The van der Waals surface area contributed by atoms with Crippen LogP contribution in [-0.2, 0) is 0 Å². The van der Waals surface area contributed by atoms with Gasteiger partial charge in [0.25, 0.3) is 0 Å². The number of fused-ring (bicyclic) bond motifs is 1. The van der Waals surface area contributed by atoms with Crippen LogP contribution in [0.4, 0.5) is 0 Å². The maximum Gasteiger partial charge on any atom is 0.354 e. The molecule has 0 aliphatic carbocycles. The van der Waals surface area contributed by atoms with Gasteiger partial charge in [-0.3, -0.25) is 0 Å². The molecule has 3 rings (SSSR count). The van der Waals surface area contributed by atoms with Crippen LogP contribution in [0, 0.1) is 0 Å². The van der Waals surface area contributed by atoms with E-state index in [-0.39, 0.29) is 5.69 Å². The highest BCUT2D eigenvalue weighted by atomic mass is 79.9. The zero-order valence-electron chi connectivity index (χ0n) is 8.87.